The fraction of sp³-hybridized carbons (Fsp3) is 0.190. The lowest BCUT2D eigenvalue weighted by atomic mass is 10.0. The van der Waals surface area contributed by atoms with E-state index in [-0.39, 0.29) is 5.69 Å². The Balaban J connectivity index is 1.81. The molecule has 0 saturated heterocycles. The number of carbonyl (C=O) groups is 1. The molecular weight excluding hydrogens is 383 g/mol. The number of amides is 1. The molecule has 0 aliphatic heterocycles. The quantitative estimate of drug-likeness (QED) is 0.713. The monoisotopic (exact) mass is 401 g/mol. The number of nitrogens with zero attached hydrogens (tertiary/aromatic N) is 2. The van der Waals surface area contributed by atoms with Crippen LogP contribution < -0.4 is 10.9 Å². The summed E-state index contributed by atoms with van der Waals surface area (Å²) in [6, 6.07) is 12.9. The molecule has 3 rings (SSSR count). The summed E-state index contributed by atoms with van der Waals surface area (Å²) in [6.07, 6.45) is -4.51. The second-order valence-electron chi connectivity index (χ2n) is 6.66. The lowest BCUT2D eigenvalue weighted by Gasteiger charge is -2.11. The van der Waals surface area contributed by atoms with E-state index in [0.717, 1.165) is 33.5 Å². The van der Waals surface area contributed by atoms with Gasteiger partial charge in [0.05, 0.1) is 11.3 Å². The molecule has 8 heteroatoms. The first-order valence-electron chi connectivity index (χ1n) is 8.76. The smallest absolute Gasteiger partial charge is 0.324 e. The average Bonchev–Trinajstić information content (AvgIpc) is 2.63. The maximum atomic E-state index is 12.8. The zero-order valence-corrected chi connectivity index (χ0v) is 15.7. The van der Waals surface area contributed by atoms with Crippen molar-refractivity contribution in [1.82, 2.24) is 9.78 Å². The average molecular weight is 401 g/mol. The van der Waals surface area contributed by atoms with E-state index in [4.69, 9.17) is 0 Å². The van der Waals surface area contributed by atoms with Gasteiger partial charge in [-0.15, -0.1) is 0 Å². The van der Waals surface area contributed by atoms with Gasteiger partial charge in [0.15, 0.2) is 0 Å². The van der Waals surface area contributed by atoms with Gasteiger partial charge < -0.3 is 5.32 Å². The van der Waals surface area contributed by atoms with Crippen LogP contribution in [0.5, 0.6) is 0 Å². The molecule has 1 heterocycles. The van der Waals surface area contributed by atoms with Gasteiger partial charge in [0.2, 0.25) is 5.91 Å². The van der Waals surface area contributed by atoms with Crippen molar-refractivity contribution in [3.63, 3.8) is 0 Å². The third-order valence-corrected chi connectivity index (χ3v) is 4.29. The maximum absolute atomic E-state index is 12.8. The van der Waals surface area contributed by atoms with Gasteiger partial charge >= 0.3 is 6.18 Å². The molecule has 29 heavy (non-hydrogen) atoms. The van der Waals surface area contributed by atoms with E-state index in [1.54, 1.807) is 6.07 Å². The van der Waals surface area contributed by atoms with E-state index in [1.807, 2.05) is 32.0 Å². The normalized spacial score (nSPS) is 11.3. The van der Waals surface area contributed by atoms with Crippen molar-refractivity contribution in [3.8, 4) is 11.3 Å². The van der Waals surface area contributed by atoms with Crippen LogP contribution in [0, 0.1) is 13.8 Å². The highest BCUT2D eigenvalue weighted by molar-refractivity contribution is 5.90. The Morgan fingerprint density at radius 2 is 1.83 bits per heavy atom. The molecule has 1 N–H and O–H groups in total. The van der Waals surface area contributed by atoms with Crippen molar-refractivity contribution >= 4 is 11.6 Å². The second-order valence-corrected chi connectivity index (χ2v) is 6.66. The van der Waals surface area contributed by atoms with Gasteiger partial charge in [0, 0.05) is 17.3 Å². The van der Waals surface area contributed by atoms with E-state index in [2.05, 4.69) is 10.4 Å². The summed E-state index contributed by atoms with van der Waals surface area (Å²) in [5.41, 5.74) is 2.02. The SMILES string of the molecule is Cc1ccc(-c2ccc(=O)n(CC(=O)Nc3cccc(C(F)(F)F)c3)n2)c(C)c1. The Morgan fingerprint density at radius 3 is 2.52 bits per heavy atom. The zero-order valence-electron chi connectivity index (χ0n) is 15.7. The molecule has 0 saturated carbocycles. The topological polar surface area (TPSA) is 64.0 Å². The number of hydrogen-bond donors (Lipinski definition) is 1. The number of alkyl halides is 3. The molecule has 2 aromatic carbocycles. The highest BCUT2D eigenvalue weighted by atomic mass is 19.4. The van der Waals surface area contributed by atoms with Crippen molar-refractivity contribution in [2.75, 3.05) is 5.32 Å². The fourth-order valence-electron chi connectivity index (χ4n) is 2.92. The minimum Gasteiger partial charge on any atom is -0.324 e. The molecule has 150 valence electrons. The number of halogens is 3. The Hall–Kier alpha value is -3.42. The summed E-state index contributed by atoms with van der Waals surface area (Å²) in [5, 5.41) is 6.60. The number of benzene rings is 2. The van der Waals surface area contributed by atoms with Crippen molar-refractivity contribution < 1.29 is 18.0 Å². The number of anilines is 1. The fourth-order valence-corrected chi connectivity index (χ4v) is 2.92. The molecule has 0 unspecified atom stereocenters. The number of hydrogen-bond acceptors (Lipinski definition) is 3. The molecule has 0 radical (unpaired) electrons. The minimum atomic E-state index is -4.51. The van der Waals surface area contributed by atoms with Crippen LogP contribution in [0.3, 0.4) is 0 Å². The van der Waals surface area contributed by atoms with Gasteiger partial charge in [-0.2, -0.15) is 18.3 Å². The molecular formula is C21H18F3N3O2. The van der Waals surface area contributed by atoms with E-state index < -0.39 is 29.8 Å². The maximum Gasteiger partial charge on any atom is 0.416 e. The van der Waals surface area contributed by atoms with Crippen molar-refractivity contribution in [3.05, 3.63) is 81.6 Å². The standard InChI is InChI=1S/C21H18F3N3O2/c1-13-6-7-17(14(2)10-13)18-8-9-20(29)27(26-18)12-19(28)25-16-5-3-4-15(11-16)21(22,23)24/h3-11H,12H2,1-2H3,(H,25,28). The Morgan fingerprint density at radius 1 is 1.07 bits per heavy atom. The van der Waals surface area contributed by atoms with Gasteiger partial charge in [0.1, 0.15) is 6.54 Å². The highest BCUT2D eigenvalue weighted by Gasteiger charge is 2.30. The first-order valence-corrected chi connectivity index (χ1v) is 8.76. The number of aromatic nitrogens is 2. The number of aryl methyl sites for hydroxylation is 2. The predicted octanol–water partition coefficient (Wildman–Crippen LogP) is 4.18. The molecule has 0 bridgehead atoms. The largest absolute Gasteiger partial charge is 0.416 e. The van der Waals surface area contributed by atoms with E-state index in [1.165, 1.54) is 18.2 Å². The van der Waals surface area contributed by atoms with Crippen LogP contribution in [0.1, 0.15) is 16.7 Å². The van der Waals surface area contributed by atoms with Crippen LogP contribution in [0.15, 0.2) is 59.4 Å². The first-order chi connectivity index (χ1) is 13.6. The number of rotatable bonds is 4. The lowest BCUT2D eigenvalue weighted by molar-refractivity contribution is -0.137. The van der Waals surface area contributed by atoms with Crippen LogP contribution in [0.4, 0.5) is 18.9 Å². The third-order valence-electron chi connectivity index (χ3n) is 4.29. The minimum absolute atomic E-state index is 0.0107. The molecule has 1 amide bonds. The summed E-state index contributed by atoms with van der Waals surface area (Å²) >= 11 is 0. The molecule has 0 spiro atoms. The van der Waals surface area contributed by atoms with Gasteiger partial charge in [-0.25, -0.2) is 4.68 Å². The number of carbonyl (C=O) groups excluding carboxylic acids is 1. The van der Waals surface area contributed by atoms with Gasteiger partial charge in [-0.3, -0.25) is 9.59 Å². The van der Waals surface area contributed by atoms with Crippen LogP contribution in [0.2, 0.25) is 0 Å². The van der Waals surface area contributed by atoms with Crippen molar-refractivity contribution in [1.29, 1.82) is 0 Å². The van der Waals surface area contributed by atoms with Gasteiger partial charge in [-0.1, -0.05) is 29.8 Å². The van der Waals surface area contributed by atoms with E-state index in [9.17, 15) is 22.8 Å². The molecule has 0 fully saturated rings. The van der Waals surface area contributed by atoms with Crippen LogP contribution in [-0.2, 0) is 17.5 Å². The van der Waals surface area contributed by atoms with E-state index >= 15 is 0 Å². The first kappa shape index (κ1) is 20.3. The summed E-state index contributed by atoms with van der Waals surface area (Å²) in [4.78, 5) is 24.3. The van der Waals surface area contributed by atoms with Crippen LogP contribution in [0.25, 0.3) is 11.3 Å². The van der Waals surface area contributed by atoms with Crippen LogP contribution in [-0.4, -0.2) is 15.7 Å². The van der Waals surface area contributed by atoms with Crippen molar-refractivity contribution in [2.45, 2.75) is 26.6 Å². The van der Waals surface area contributed by atoms with Crippen molar-refractivity contribution in [2.24, 2.45) is 0 Å². The molecule has 5 nitrogen and oxygen atoms in total. The molecule has 0 aliphatic carbocycles. The molecule has 0 atom stereocenters. The third kappa shape index (κ3) is 4.90. The Labute approximate surface area is 164 Å². The van der Waals surface area contributed by atoms with E-state index in [0.29, 0.717) is 5.69 Å². The summed E-state index contributed by atoms with van der Waals surface area (Å²) in [6.45, 7) is 3.46. The Bertz CT molecular complexity index is 1120. The van der Waals surface area contributed by atoms with Gasteiger partial charge in [-0.05, 0) is 43.7 Å². The Kier molecular flexibility index (Phi) is 5.54. The second kappa shape index (κ2) is 7.90. The van der Waals surface area contributed by atoms with Crippen LogP contribution >= 0.6 is 0 Å². The summed E-state index contributed by atoms with van der Waals surface area (Å²) in [7, 11) is 0. The summed E-state index contributed by atoms with van der Waals surface area (Å²) in [5.74, 6) is -0.656. The highest BCUT2D eigenvalue weighted by Crippen LogP contribution is 2.30. The molecule has 1 aromatic heterocycles. The van der Waals surface area contributed by atoms with Gasteiger partial charge in [0.25, 0.3) is 5.56 Å². The predicted molar refractivity (Wildman–Crippen MR) is 103 cm³/mol. The lowest BCUT2D eigenvalue weighted by Crippen LogP contribution is -2.29. The molecule has 3 aromatic rings. The number of nitrogens with one attached hydrogen (secondary N) is 1. The molecule has 0 aliphatic rings. The zero-order chi connectivity index (χ0) is 21.2. The summed E-state index contributed by atoms with van der Waals surface area (Å²) < 4.78 is 39.4.